The molecule has 0 radical (unpaired) electrons. The summed E-state index contributed by atoms with van der Waals surface area (Å²) in [5.74, 6) is 1.18. The van der Waals surface area contributed by atoms with Crippen LogP contribution in [0.1, 0.15) is 162 Å². The zero-order valence-corrected chi connectivity index (χ0v) is 27.8. The van der Waals surface area contributed by atoms with Crippen LogP contribution in [0.25, 0.3) is 0 Å². The van der Waals surface area contributed by atoms with Crippen molar-refractivity contribution in [3.05, 3.63) is 0 Å². The Kier molecular flexibility index (Phi) is 25.4. The van der Waals surface area contributed by atoms with E-state index in [1.807, 2.05) is 0 Å². The molecule has 1 rings (SSSR count). The van der Waals surface area contributed by atoms with Gasteiger partial charge >= 0.3 is 12.0 Å². The number of nitrogens with zero attached hydrogens (tertiary/aromatic N) is 3. The zero-order chi connectivity index (χ0) is 30.5. The summed E-state index contributed by atoms with van der Waals surface area (Å²) in [6.45, 7) is 11.6. The van der Waals surface area contributed by atoms with Crippen LogP contribution in [0.15, 0.2) is 4.52 Å². The van der Waals surface area contributed by atoms with Gasteiger partial charge in [-0.25, -0.2) is 0 Å². The van der Waals surface area contributed by atoms with E-state index >= 15 is 0 Å². The van der Waals surface area contributed by atoms with Crippen molar-refractivity contribution in [3.63, 3.8) is 0 Å². The predicted octanol–water partition coefficient (Wildman–Crippen LogP) is 9.17. The lowest BCUT2D eigenvalue weighted by molar-refractivity contribution is -0.144. The summed E-state index contributed by atoms with van der Waals surface area (Å²) in [6, 6.07) is 0.0959. The molecular weight excluding hydrogens is 526 g/mol. The van der Waals surface area contributed by atoms with E-state index in [4.69, 9.17) is 15.0 Å². The molecule has 8 heteroatoms. The number of unbranched alkanes of at least 4 members (excludes halogenated alkanes) is 13. The summed E-state index contributed by atoms with van der Waals surface area (Å²) in [5, 5.41) is 6.98. The van der Waals surface area contributed by atoms with E-state index in [2.05, 4.69) is 41.1 Å². The van der Waals surface area contributed by atoms with Gasteiger partial charge in [-0.3, -0.25) is 4.79 Å². The van der Waals surface area contributed by atoms with Crippen LogP contribution in [0.5, 0.6) is 0 Å². The first-order valence-corrected chi connectivity index (χ1v) is 17.8. The molecule has 3 N–H and O–H groups in total. The lowest BCUT2D eigenvalue weighted by Crippen LogP contribution is -2.28. The first kappa shape index (κ1) is 38.2. The second kappa shape index (κ2) is 28.0. The van der Waals surface area contributed by atoms with E-state index in [1.165, 1.54) is 116 Å². The molecule has 0 bridgehead atoms. The first-order valence-electron chi connectivity index (χ1n) is 17.8. The molecule has 246 valence electrons. The fraction of sp³-hybridized carbons (Fsp3) is 0.912. The molecule has 0 saturated carbocycles. The third-order valence-corrected chi connectivity index (χ3v) is 8.28. The molecule has 0 aliphatic rings. The molecule has 0 saturated heterocycles. The van der Waals surface area contributed by atoms with Crippen molar-refractivity contribution in [2.45, 2.75) is 162 Å². The van der Waals surface area contributed by atoms with Crippen molar-refractivity contribution >= 4 is 17.9 Å². The highest BCUT2D eigenvalue weighted by Crippen LogP contribution is 2.21. The molecular formula is C34H67N5O3. The Bertz CT molecular complexity index is 720. The predicted molar refractivity (Wildman–Crippen MR) is 177 cm³/mol. The van der Waals surface area contributed by atoms with Gasteiger partial charge in [-0.2, -0.15) is 4.98 Å². The largest absolute Gasteiger partial charge is 0.466 e. The summed E-state index contributed by atoms with van der Waals surface area (Å²) in [7, 11) is 0. The second-order valence-corrected chi connectivity index (χ2v) is 12.2. The van der Waals surface area contributed by atoms with Gasteiger partial charge in [-0.15, -0.1) is 0 Å². The average Bonchev–Trinajstić information content (AvgIpc) is 3.40. The van der Waals surface area contributed by atoms with Crippen LogP contribution in [0.2, 0.25) is 0 Å². The van der Waals surface area contributed by atoms with Crippen molar-refractivity contribution in [1.29, 1.82) is 0 Å². The molecule has 0 amide bonds. The summed E-state index contributed by atoms with van der Waals surface area (Å²) in [4.78, 5) is 18.9. The Balaban J connectivity index is 2.17. The van der Waals surface area contributed by atoms with E-state index in [0.717, 1.165) is 51.2 Å². The molecule has 0 spiro atoms. The minimum atomic E-state index is -0.00176. The maximum atomic E-state index is 12.3. The minimum Gasteiger partial charge on any atom is -0.466 e. The van der Waals surface area contributed by atoms with Gasteiger partial charge in [0.05, 0.1) is 6.61 Å². The molecule has 0 unspecified atom stereocenters. The average molecular weight is 594 g/mol. The molecule has 1 aromatic heterocycles. The van der Waals surface area contributed by atoms with Crippen molar-refractivity contribution in [3.8, 4) is 0 Å². The summed E-state index contributed by atoms with van der Waals surface area (Å²) in [6.07, 6.45) is 26.7. The highest BCUT2D eigenvalue weighted by Gasteiger charge is 2.11. The Morgan fingerprint density at radius 1 is 0.762 bits per heavy atom. The highest BCUT2D eigenvalue weighted by molar-refractivity contribution is 5.69. The van der Waals surface area contributed by atoms with Gasteiger partial charge in [0.2, 0.25) is 0 Å². The summed E-state index contributed by atoms with van der Waals surface area (Å²) < 4.78 is 10.4. The molecule has 1 aromatic rings. The minimum absolute atomic E-state index is 0.00176. The third-order valence-electron chi connectivity index (χ3n) is 8.28. The van der Waals surface area contributed by atoms with Gasteiger partial charge in [0.1, 0.15) is 0 Å². The SMILES string of the molecule is CCCCCCCCN(CCCCCCCC(=O)OCCC(CCCCC)CCCCC)CCCNc1noc(N)n1. The lowest BCUT2D eigenvalue weighted by atomic mass is 9.92. The molecule has 0 aliphatic carbocycles. The number of anilines is 2. The number of esters is 1. The quantitative estimate of drug-likeness (QED) is 0.0648. The van der Waals surface area contributed by atoms with Crippen molar-refractivity contribution in [1.82, 2.24) is 15.0 Å². The monoisotopic (exact) mass is 594 g/mol. The molecule has 8 nitrogen and oxygen atoms in total. The Morgan fingerprint density at radius 3 is 1.90 bits per heavy atom. The zero-order valence-electron chi connectivity index (χ0n) is 27.8. The van der Waals surface area contributed by atoms with Crippen LogP contribution in [0.4, 0.5) is 12.0 Å². The van der Waals surface area contributed by atoms with Crippen LogP contribution < -0.4 is 11.1 Å². The van der Waals surface area contributed by atoms with E-state index in [-0.39, 0.29) is 12.0 Å². The smallest absolute Gasteiger partial charge is 0.320 e. The number of rotatable bonds is 31. The Hall–Kier alpha value is -1.83. The second-order valence-electron chi connectivity index (χ2n) is 12.2. The lowest BCUT2D eigenvalue weighted by Gasteiger charge is -2.22. The number of hydrogen-bond acceptors (Lipinski definition) is 8. The van der Waals surface area contributed by atoms with Crippen LogP contribution in [-0.2, 0) is 9.53 Å². The fourth-order valence-electron chi connectivity index (χ4n) is 5.61. The normalized spacial score (nSPS) is 11.5. The van der Waals surface area contributed by atoms with Gasteiger partial charge in [0.25, 0.3) is 5.95 Å². The molecule has 0 atom stereocenters. The van der Waals surface area contributed by atoms with Crippen molar-refractivity contribution in [2.24, 2.45) is 5.92 Å². The number of carbonyl (C=O) groups excluding carboxylic acids is 1. The maximum absolute atomic E-state index is 12.3. The number of hydrogen-bond donors (Lipinski definition) is 2. The molecule has 0 aliphatic heterocycles. The van der Waals surface area contributed by atoms with Crippen LogP contribution in [0.3, 0.4) is 0 Å². The fourth-order valence-corrected chi connectivity index (χ4v) is 5.61. The van der Waals surface area contributed by atoms with Gasteiger partial charge in [-0.05, 0) is 62.8 Å². The van der Waals surface area contributed by atoms with Gasteiger partial charge in [0, 0.05) is 13.0 Å². The van der Waals surface area contributed by atoms with Gasteiger partial charge in [-0.1, -0.05) is 124 Å². The standard InChI is InChI=1S/C34H67N5O3/c1-4-7-10-11-14-19-27-39(29-21-26-36-34-37-33(35)42-38-34)28-20-15-12-13-18-24-32(40)41-30-25-31(22-16-8-5-2)23-17-9-6-3/h31H,4-30H2,1-3H3,(H3,35,36,37,38). The van der Waals surface area contributed by atoms with Crippen molar-refractivity contribution in [2.75, 3.05) is 43.8 Å². The van der Waals surface area contributed by atoms with E-state index < -0.39 is 0 Å². The van der Waals surface area contributed by atoms with E-state index in [1.54, 1.807) is 0 Å². The van der Waals surface area contributed by atoms with E-state index in [0.29, 0.717) is 19.0 Å². The summed E-state index contributed by atoms with van der Waals surface area (Å²) >= 11 is 0. The van der Waals surface area contributed by atoms with Crippen LogP contribution in [-0.4, -0.2) is 53.8 Å². The number of carbonyl (C=O) groups is 1. The first-order chi connectivity index (χ1) is 20.6. The van der Waals surface area contributed by atoms with E-state index in [9.17, 15) is 4.79 Å². The number of nitrogens with one attached hydrogen (secondary N) is 1. The number of nitrogen functional groups attached to an aromatic ring is 1. The third kappa shape index (κ3) is 22.7. The van der Waals surface area contributed by atoms with Gasteiger partial charge in [0.15, 0.2) is 0 Å². The summed E-state index contributed by atoms with van der Waals surface area (Å²) in [5.41, 5.74) is 5.49. The molecule has 0 fully saturated rings. The molecule has 0 aromatic carbocycles. The maximum Gasteiger partial charge on any atom is 0.320 e. The van der Waals surface area contributed by atoms with Crippen LogP contribution >= 0.6 is 0 Å². The van der Waals surface area contributed by atoms with Gasteiger partial charge < -0.3 is 25.2 Å². The number of ether oxygens (including phenoxy) is 1. The number of nitrogens with two attached hydrogens (primary N) is 1. The van der Waals surface area contributed by atoms with Crippen LogP contribution in [0, 0.1) is 5.92 Å². The molecule has 42 heavy (non-hydrogen) atoms. The Morgan fingerprint density at radius 2 is 1.31 bits per heavy atom. The molecule has 1 heterocycles. The van der Waals surface area contributed by atoms with Crippen molar-refractivity contribution < 1.29 is 14.1 Å². The highest BCUT2D eigenvalue weighted by atomic mass is 16.5. The topological polar surface area (TPSA) is 107 Å². The Labute approximate surface area is 258 Å². The number of aromatic nitrogens is 2.